The Bertz CT molecular complexity index is 805. The number of nitrogens with two attached hydrogens (primary N) is 1. The maximum absolute atomic E-state index is 11.9. The molecule has 2 aromatic carbocycles. The Morgan fingerprint density at radius 2 is 2.00 bits per heavy atom. The number of amides is 1. The number of rotatable bonds is 3. The number of aryl methyl sites for hydroxylation is 1. The molecule has 0 aliphatic carbocycles. The van der Waals surface area contributed by atoms with Gasteiger partial charge in [-0.1, -0.05) is 48.0 Å². The van der Waals surface area contributed by atoms with E-state index in [9.17, 15) is 4.79 Å². The van der Waals surface area contributed by atoms with E-state index in [1.165, 1.54) is 11.1 Å². The SMILES string of the molecule is Cc1cccc(Cn2cc(C(=O)NN)c3ccccc32)c1. The minimum Gasteiger partial charge on any atom is -0.342 e. The number of aromatic nitrogens is 1. The summed E-state index contributed by atoms with van der Waals surface area (Å²) in [5.74, 6) is 5.00. The van der Waals surface area contributed by atoms with E-state index < -0.39 is 0 Å². The molecule has 106 valence electrons. The van der Waals surface area contributed by atoms with Gasteiger partial charge in [0.25, 0.3) is 5.91 Å². The lowest BCUT2D eigenvalue weighted by Gasteiger charge is -2.06. The summed E-state index contributed by atoms with van der Waals surface area (Å²) in [5, 5.41) is 0.910. The first kappa shape index (κ1) is 13.4. The third-order valence-corrected chi connectivity index (χ3v) is 3.60. The van der Waals surface area contributed by atoms with Crippen LogP contribution in [0, 0.1) is 6.92 Å². The number of hydrazine groups is 1. The average Bonchev–Trinajstić information content (AvgIpc) is 2.86. The second-order valence-corrected chi connectivity index (χ2v) is 5.15. The van der Waals surface area contributed by atoms with E-state index in [0.717, 1.165) is 17.4 Å². The van der Waals surface area contributed by atoms with Gasteiger partial charge in [-0.3, -0.25) is 10.2 Å². The van der Waals surface area contributed by atoms with E-state index in [1.807, 2.05) is 36.5 Å². The van der Waals surface area contributed by atoms with Gasteiger partial charge in [0.15, 0.2) is 0 Å². The lowest BCUT2D eigenvalue weighted by atomic mass is 10.1. The molecule has 0 spiro atoms. The van der Waals surface area contributed by atoms with Gasteiger partial charge in [0.05, 0.1) is 5.56 Å². The molecule has 0 saturated carbocycles. The van der Waals surface area contributed by atoms with Crippen molar-refractivity contribution in [3.05, 3.63) is 71.4 Å². The number of benzene rings is 2. The van der Waals surface area contributed by atoms with E-state index in [-0.39, 0.29) is 5.91 Å². The van der Waals surface area contributed by atoms with Gasteiger partial charge >= 0.3 is 0 Å². The van der Waals surface area contributed by atoms with Crippen molar-refractivity contribution in [3.8, 4) is 0 Å². The molecule has 0 atom stereocenters. The molecule has 1 amide bonds. The summed E-state index contributed by atoms with van der Waals surface area (Å²) in [6.45, 7) is 2.80. The lowest BCUT2D eigenvalue weighted by Crippen LogP contribution is -2.29. The molecule has 0 saturated heterocycles. The fourth-order valence-corrected chi connectivity index (χ4v) is 2.64. The molecular formula is C17H17N3O. The van der Waals surface area contributed by atoms with E-state index in [4.69, 9.17) is 5.84 Å². The van der Waals surface area contributed by atoms with Crippen LogP contribution in [0.2, 0.25) is 0 Å². The maximum Gasteiger partial charge on any atom is 0.267 e. The highest BCUT2D eigenvalue weighted by Crippen LogP contribution is 2.22. The molecule has 1 aromatic heterocycles. The van der Waals surface area contributed by atoms with Gasteiger partial charge < -0.3 is 4.57 Å². The zero-order valence-corrected chi connectivity index (χ0v) is 11.8. The Morgan fingerprint density at radius 1 is 1.19 bits per heavy atom. The summed E-state index contributed by atoms with van der Waals surface area (Å²) in [4.78, 5) is 11.9. The van der Waals surface area contributed by atoms with Crippen LogP contribution in [0.1, 0.15) is 21.5 Å². The molecule has 4 heteroatoms. The number of fused-ring (bicyclic) bond motifs is 1. The lowest BCUT2D eigenvalue weighted by molar-refractivity contribution is 0.0955. The van der Waals surface area contributed by atoms with Crippen molar-refractivity contribution in [3.63, 3.8) is 0 Å². The molecule has 3 aromatic rings. The predicted octanol–water partition coefficient (Wildman–Crippen LogP) is 2.60. The van der Waals surface area contributed by atoms with Gasteiger partial charge in [-0.2, -0.15) is 0 Å². The van der Waals surface area contributed by atoms with Gasteiger partial charge in [-0.05, 0) is 18.6 Å². The van der Waals surface area contributed by atoms with Crippen LogP contribution >= 0.6 is 0 Å². The average molecular weight is 279 g/mol. The van der Waals surface area contributed by atoms with Gasteiger partial charge in [0.1, 0.15) is 0 Å². The quantitative estimate of drug-likeness (QED) is 0.440. The number of hydrogen-bond donors (Lipinski definition) is 2. The molecule has 21 heavy (non-hydrogen) atoms. The summed E-state index contributed by atoms with van der Waals surface area (Å²) in [7, 11) is 0. The number of nitrogens with zero attached hydrogens (tertiary/aromatic N) is 1. The van der Waals surface area contributed by atoms with Crippen molar-refractivity contribution >= 4 is 16.8 Å². The normalized spacial score (nSPS) is 10.8. The first-order valence-electron chi connectivity index (χ1n) is 6.83. The summed E-state index contributed by atoms with van der Waals surface area (Å²) in [6.07, 6.45) is 1.86. The molecule has 3 N–H and O–H groups in total. The zero-order chi connectivity index (χ0) is 14.8. The number of hydrogen-bond acceptors (Lipinski definition) is 2. The van der Waals surface area contributed by atoms with Crippen molar-refractivity contribution in [2.75, 3.05) is 0 Å². The zero-order valence-electron chi connectivity index (χ0n) is 11.8. The van der Waals surface area contributed by atoms with E-state index in [2.05, 4.69) is 35.1 Å². The van der Waals surface area contributed by atoms with E-state index >= 15 is 0 Å². The van der Waals surface area contributed by atoms with Crippen LogP contribution in [-0.2, 0) is 6.54 Å². The highest BCUT2D eigenvalue weighted by Gasteiger charge is 2.13. The van der Waals surface area contributed by atoms with Crippen molar-refractivity contribution in [2.24, 2.45) is 5.84 Å². The van der Waals surface area contributed by atoms with E-state index in [1.54, 1.807) is 0 Å². The number of nitrogen functional groups attached to an aromatic ring is 1. The Labute approximate surface area is 123 Å². The van der Waals surface area contributed by atoms with Crippen molar-refractivity contribution in [2.45, 2.75) is 13.5 Å². The Morgan fingerprint density at radius 3 is 2.76 bits per heavy atom. The highest BCUT2D eigenvalue weighted by molar-refractivity contribution is 6.06. The van der Waals surface area contributed by atoms with Gasteiger partial charge in [0, 0.05) is 23.6 Å². The van der Waals surface area contributed by atoms with Crippen LogP contribution in [0.4, 0.5) is 0 Å². The fourth-order valence-electron chi connectivity index (χ4n) is 2.64. The molecule has 0 aliphatic rings. The molecule has 0 radical (unpaired) electrons. The highest BCUT2D eigenvalue weighted by atomic mass is 16.2. The van der Waals surface area contributed by atoms with Gasteiger partial charge in [-0.25, -0.2) is 5.84 Å². The Kier molecular flexibility index (Phi) is 3.46. The maximum atomic E-state index is 11.9. The van der Waals surface area contributed by atoms with Gasteiger partial charge in [-0.15, -0.1) is 0 Å². The van der Waals surface area contributed by atoms with Crippen LogP contribution in [0.15, 0.2) is 54.7 Å². The summed E-state index contributed by atoms with van der Waals surface area (Å²) >= 11 is 0. The number of carbonyl (C=O) groups excluding carboxylic acids is 1. The molecule has 4 nitrogen and oxygen atoms in total. The second kappa shape index (κ2) is 5.42. The monoisotopic (exact) mass is 279 g/mol. The van der Waals surface area contributed by atoms with Crippen molar-refractivity contribution < 1.29 is 4.79 Å². The van der Waals surface area contributed by atoms with Crippen molar-refractivity contribution in [1.82, 2.24) is 9.99 Å². The molecule has 1 heterocycles. The minimum atomic E-state index is -0.269. The summed E-state index contributed by atoms with van der Waals surface area (Å²) < 4.78 is 2.08. The number of carbonyl (C=O) groups is 1. The molecule has 0 unspecified atom stereocenters. The van der Waals surface area contributed by atoms with Crippen LogP contribution < -0.4 is 11.3 Å². The summed E-state index contributed by atoms with van der Waals surface area (Å²) in [5.41, 5.74) is 6.26. The summed E-state index contributed by atoms with van der Waals surface area (Å²) in [6, 6.07) is 16.2. The topological polar surface area (TPSA) is 60.0 Å². The standard InChI is InChI=1S/C17H17N3O/c1-12-5-4-6-13(9-12)10-20-11-15(17(21)19-18)14-7-2-3-8-16(14)20/h2-9,11H,10,18H2,1H3,(H,19,21). The third-order valence-electron chi connectivity index (χ3n) is 3.60. The molecule has 0 fully saturated rings. The first-order chi connectivity index (χ1) is 10.2. The fraction of sp³-hybridized carbons (Fsp3) is 0.118. The van der Waals surface area contributed by atoms with Crippen LogP contribution in [0.3, 0.4) is 0 Å². The van der Waals surface area contributed by atoms with Crippen LogP contribution in [-0.4, -0.2) is 10.5 Å². The van der Waals surface area contributed by atoms with Crippen molar-refractivity contribution in [1.29, 1.82) is 0 Å². The predicted molar refractivity (Wildman–Crippen MR) is 83.9 cm³/mol. The number of nitrogens with one attached hydrogen (secondary N) is 1. The van der Waals surface area contributed by atoms with E-state index in [0.29, 0.717) is 5.56 Å². The van der Waals surface area contributed by atoms with Crippen LogP contribution in [0.25, 0.3) is 10.9 Å². The molecular weight excluding hydrogens is 262 g/mol. The first-order valence-corrected chi connectivity index (χ1v) is 6.83. The molecule has 0 bridgehead atoms. The third kappa shape index (κ3) is 2.53. The molecule has 3 rings (SSSR count). The minimum absolute atomic E-state index is 0.269. The smallest absolute Gasteiger partial charge is 0.267 e. The van der Waals surface area contributed by atoms with Crippen LogP contribution in [0.5, 0.6) is 0 Å². The largest absolute Gasteiger partial charge is 0.342 e. The Balaban J connectivity index is 2.08. The number of para-hydroxylation sites is 1. The second-order valence-electron chi connectivity index (χ2n) is 5.15. The Hall–Kier alpha value is -2.59. The van der Waals surface area contributed by atoms with Gasteiger partial charge in [0.2, 0.25) is 0 Å². The molecule has 0 aliphatic heterocycles.